The Balaban J connectivity index is 1.74. The van der Waals surface area contributed by atoms with E-state index in [9.17, 15) is 0 Å². The predicted octanol–water partition coefficient (Wildman–Crippen LogP) is 3.27. The van der Waals surface area contributed by atoms with Gasteiger partial charge in [-0.15, -0.1) is 9.80 Å². The second-order valence-electron chi connectivity index (χ2n) is 6.06. The van der Waals surface area contributed by atoms with Crippen LogP contribution in [0.3, 0.4) is 0 Å². The number of nitrogens with zero attached hydrogens (tertiary/aromatic N) is 6. The van der Waals surface area contributed by atoms with Crippen molar-refractivity contribution in [2.24, 2.45) is 24.3 Å². The zero-order valence-electron chi connectivity index (χ0n) is 15.4. The van der Waals surface area contributed by atoms with Crippen molar-refractivity contribution >= 4 is 23.3 Å². The maximum atomic E-state index is 5.77. The molecule has 3 rings (SSSR count). The van der Waals surface area contributed by atoms with E-state index in [0.717, 1.165) is 24.5 Å². The van der Waals surface area contributed by atoms with Crippen LogP contribution >= 0.6 is 0 Å². The van der Waals surface area contributed by atoms with Crippen molar-refractivity contribution in [3.05, 3.63) is 60.2 Å². The van der Waals surface area contributed by atoms with Crippen molar-refractivity contribution < 1.29 is 4.57 Å². The first-order chi connectivity index (χ1) is 12.6. The zero-order chi connectivity index (χ0) is 18.5. The SMILES string of the molecule is CCN(Cc1ccccc1)c1ccc(N=Nc2n(C)nc(N)[n+]2C)cc1. The lowest BCUT2D eigenvalue weighted by Gasteiger charge is -2.23. The van der Waals surface area contributed by atoms with Crippen molar-refractivity contribution in [1.82, 2.24) is 9.78 Å². The van der Waals surface area contributed by atoms with Gasteiger partial charge in [0.15, 0.2) is 0 Å². The molecule has 0 bridgehead atoms. The normalized spacial score (nSPS) is 11.2. The molecule has 134 valence electrons. The fraction of sp³-hybridized carbons (Fsp3) is 0.263. The Morgan fingerprint density at radius 2 is 1.77 bits per heavy atom. The molecule has 0 aliphatic carbocycles. The fourth-order valence-electron chi connectivity index (χ4n) is 2.74. The van der Waals surface area contributed by atoms with E-state index in [1.807, 2.05) is 25.2 Å². The third kappa shape index (κ3) is 3.88. The van der Waals surface area contributed by atoms with Gasteiger partial charge < -0.3 is 10.6 Å². The summed E-state index contributed by atoms with van der Waals surface area (Å²) < 4.78 is 3.29. The second-order valence-corrected chi connectivity index (χ2v) is 6.06. The number of hydrogen-bond donors (Lipinski definition) is 1. The van der Waals surface area contributed by atoms with E-state index in [1.54, 1.807) is 16.3 Å². The highest BCUT2D eigenvalue weighted by Crippen LogP contribution is 2.22. The summed E-state index contributed by atoms with van der Waals surface area (Å²) >= 11 is 0. The third-order valence-corrected chi connectivity index (χ3v) is 4.25. The summed E-state index contributed by atoms with van der Waals surface area (Å²) in [5, 5.41) is 12.7. The largest absolute Gasteiger partial charge is 0.374 e. The van der Waals surface area contributed by atoms with Gasteiger partial charge in [-0.05, 0) is 47.0 Å². The first-order valence-electron chi connectivity index (χ1n) is 8.57. The highest BCUT2D eigenvalue weighted by Gasteiger charge is 2.15. The minimum absolute atomic E-state index is 0.399. The molecule has 26 heavy (non-hydrogen) atoms. The minimum Gasteiger partial charge on any atom is -0.367 e. The second kappa shape index (κ2) is 7.77. The number of aryl methyl sites for hydroxylation is 1. The molecule has 3 aromatic rings. The van der Waals surface area contributed by atoms with Crippen LogP contribution in [0.5, 0.6) is 0 Å². The number of nitrogens with two attached hydrogens (primary N) is 1. The number of rotatable bonds is 6. The Labute approximate surface area is 153 Å². The summed E-state index contributed by atoms with van der Waals surface area (Å²) in [6.07, 6.45) is 0. The molecule has 0 amide bonds. The first-order valence-corrected chi connectivity index (χ1v) is 8.57. The van der Waals surface area contributed by atoms with Crippen LogP contribution in [0.4, 0.5) is 23.3 Å². The van der Waals surface area contributed by atoms with Gasteiger partial charge in [-0.3, -0.25) is 0 Å². The van der Waals surface area contributed by atoms with Gasteiger partial charge in [0.1, 0.15) is 0 Å². The standard InChI is InChI=1S/C19H24N7/c1-4-26(14-15-8-6-5-7-9-15)17-12-10-16(11-13-17)21-22-19-24(2)18(20)23-25(19)3/h5-13H,4,14H2,1-3H3,(H2,20,23)/q+1. The Morgan fingerprint density at radius 1 is 1.08 bits per heavy atom. The molecule has 0 saturated heterocycles. The summed E-state index contributed by atoms with van der Waals surface area (Å²) in [4.78, 5) is 2.32. The van der Waals surface area contributed by atoms with Gasteiger partial charge in [0, 0.05) is 25.8 Å². The Morgan fingerprint density at radius 3 is 2.35 bits per heavy atom. The summed E-state index contributed by atoms with van der Waals surface area (Å²) in [7, 11) is 3.60. The van der Waals surface area contributed by atoms with Crippen LogP contribution in [-0.4, -0.2) is 16.3 Å². The molecule has 0 aliphatic heterocycles. The molecule has 7 heteroatoms. The van der Waals surface area contributed by atoms with Crippen LogP contribution in [0.2, 0.25) is 0 Å². The summed E-state index contributed by atoms with van der Waals surface area (Å²) in [5.74, 6) is 0.988. The molecule has 0 fully saturated rings. The molecular formula is C19H24N7+. The van der Waals surface area contributed by atoms with E-state index in [0.29, 0.717) is 11.9 Å². The van der Waals surface area contributed by atoms with Crippen molar-refractivity contribution in [3.8, 4) is 0 Å². The molecular weight excluding hydrogens is 326 g/mol. The average Bonchev–Trinajstić information content (AvgIpc) is 2.91. The highest BCUT2D eigenvalue weighted by atomic mass is 15.5. The molecule has 0 unspecified atom stereocenters. The van der Waals surface area contributed by atoms with Crippen molar-refractivity contribution in [2.45, 2.75) is 13.5 Å². The van der Waals surface area contributed by atoms with Gasteiger partial charge in [0.25, 0.3) is 0 Å². The fourth-order valence-corrected chi connectivity index (χ4v) is 2.74. The van der Waals surface area contributed by atoms with E-state index in [2.05, 4.69) is 63.5 Å². The molecule has 0 atom stereocenters. The van der Waals surface area contributed by atoms with Crippen LogP contribution in [0.1, 0.15) is 12.5 Å². The number of hydrogen-bond acceptors (Lipinski definition) is 5. The van der Waals surface area contributed by atoms with E-state index in [-0.39, 0.29) is 0 Å². The van der Waals surface area contributed by atoms with Gasteiger partial charge in [-0.2, -0.15) is 0 Å². The molecule has 7 nitrogen and oxygen atoms in total. The van der Waals surface area contributed by atoms with E-state index >= 15 is 0 Å². The molecule has 2 N–H and O–H groups in total. The molecule has 0 saturated carbocycles. The monoisotopic (exact) mass is 350 g/mol. The van der Waals surface area contributed by atoms with Crippen LogP contribution in [0.15, 0.2) is 64.8 Å². The molecule has 0 spiro atoms. The molecule has 0 radical (unpaired) electrons. The van der Waals surface area contributed by atoms with Crippen molar-refractivity contribution in [3.63, 3.8) is 0 Å². The number of azo groups is 1. The maximum absolute atomic E-state index is 5.77. The number of benzene rings is 2. The highest BCUT2D eigenvalue weighted by molar-refractivity contribution is 5.53. The summed E-state index contributed by atoms with van der Waals surface area (Å²) in [5.41, 5.74) is 9.00. The van der Waals surface area contributed by atoms with Gasteiger partial charge >= 0.3 is 11.9 Å². The van der Waals surface area contributed by atoms with E-state index < -0.39 is 0 Å². The maximum Gasteiger partial charge on any atom is 0.374 e. The van der Waals surface area contributed by atoms with Crippen molar-refractivity contribution in [1.29, 1.82) is 0 Å². The summed E-state index contributed by atoms with van der Waals surface area (Å²) in [6.45, 7) is 3.96. The number of aromatic nitrogens is 3. The lowest BCUT2D eigenvalue weighted by Crippen LogP contribution is -2.30. The lowest BCUT2D eigenvalue weighted by atomic mass is 10.2. The smallest absolute Gasteiger partial charge is 0.367 e. The third-order valence-electron chi connectivity index (χ3n) is 4.25. The Kier molecular flexibility index (Phi) is 5.26. The van der Waals surface area contributed by atoms with Crippen LogP contribution in [0.25, 0.3) is 0 Å². The van der Waals surface area contributed by atoms with Crippen LogP contribution in [0, 0.1) is 0 Å². The van der Waals surface area contributed by atoms with Gasteiger partial charge in [0.05, 0.1) is 12.7 Å². The summed E-state index contributed by atoms with van der Waals surface area (Å²) in [6, 6.07) is 18.5. The van der Waals surface area contributed by atoms with E-state index in [4.69, 9.17) is 5.73 Å². The van der Waals surface area contributed by atoms with E-state index in [1.165, 1.54) is 5.56 Å². The molecule has 1 heterocycles. The molecule has 2 aromatic carbocycles. The average molecular weight is 350 g/mol. The predicted molar refractivity (Wildman–Crippen MR) is 103 cm³/mol. The molecule has 1 aromatic heterocycles. The Bertz CT molecular complexity index is 882. The number of anilines is 2. The zero-order valence-corrected chi connectivity index (χ0v) is 15.4. The number of nitrogen functional groups attached to an aromatic ring is 1. The lowest BCUT2D eigenvalue weighted by molar-refractivity contribution is -0.644. The van der Waals surface area contributed by atoms with Crippen LogP contribution in [-0.2, 0) is 20.6 Å². The first kappa shape index (κ1) is 17.6. The van der Waals surface area contributed by atoms with Gasteiger partial charge in [-0.25, -0.2) is 4.57 Å². The van der Waals surface area contributed by atoms with Crippen molar-refractivity contribution in [2.75, 3.05) is 17.2 Å². The van der Waals surface area contributed by atoms with Gasteiger partial charge in [0.2, 0.25) is 0 Å². The quantitative estimate of drug-likeness (QED) is 0.547. The molecule has 0 aliphatic rings. The topological polar surface area (TPSA) is 75.7 Å². The van der Waals surface area contributed by atoms with Crippen LogP contribution < -0.4 is 15.2 Å². The minimum atomic E-state index is 0.399. The Hall–Kier alpha value is -3.22. The van der Waals surface area contributed by atoms with Gasteiger partial charge in [-0.1, -0.05) is 30.3 Å².